The van der Waals surface area contributed by atoms with Crippen molar-refractivity contribution in [2.45, 2.75) is 19.8 Å². The third-order valence-electron chi connectivity index (χ3n) is 8.80. The fraction of sp³-hybridized carbons (Fsp3) is 0.0732. The fourth-order valence-electron chi connectivity index (χ4n) is 7.02. The van der Waals surface area contributed by atoms with Gasteiger partial charge in [0.15, 0.2) is 0 Å². The molecule has 0 fully saturated rings. The largest absolute Gasteiger partial charge is 0.310 e. The van der Waals surface area contributed by atoms with Crippen LogP contribution in [0.2, 0.25) is 0 Å². The zero-order valence-electron chi connectivity index (χ0n) is 24.3. The molecule has 0 N–H and O–H groups in total. The summed E-state index contributed by atoms with van der Waals surface area (Å²) in [5.74, 6) is 0. The van der Waals surface area contributed by atoms with Crippen LogP contribution in [0.1, 0.15) is 31.0 Å². The van der Waals surface area contributed by atoms with E-state index in [-0.39, 0.29) is 0 Å². The van der Waals surface area contributed by atoms with E-state index in [1.165, 1.54) is 71.6 Å². The van der Waals surface area contributed by atoms with Crippen LogP contribution in [0.3, 0.4) is 0 Å². The molecule has 1 aliphatic carbocycles. The van der Waals surface area contributed by atoms with Gasteiger partial charge in [0.1, 0.15) is 0 Å². The Morgan fingerprint density at radius 2 is 1.44 bits per heavy atom. The van der Waals surface area contributed by atoms with Crippen LogP contribution in [0.15, 0.2) is 134 Å². The molecule has 7 aromatic rings. The zero-order chi connectivity index (χ0) is 28.9. The lowest BCUT2D eigenvalue weighted by molar-refractivity contribution is 1.01. The maximum atomic E-state index is 4.32. The number of allylic oxidation sites excluding steroid dienone is 5. The maximum Gasteiger partial charge on any atom is 0.0548 e. The molecule has 0 spiro atoms. The Hall–Kier alpha value is -5.34. The molecule has 0 aliphatic heterocycles. The summed E-state index contributed by atoms with van der Waals surface area (Å²) in [6.45, 7) is 6.41. The lowest BCUT2D eigenvalue weighted by atomic mass is 9.97. The highest BCUT2D eigenvalue weighted by atomic mass is 15.0. The average Bonchev–Trinajstić information content (AvgIpc) is 3.57. The van der Waals surface area contributed by atoms with Crippen LogP contribution in [0.4, 0.5) is 0 Å². The minimum Gasteiger partial charge on any atom is -0.310 e. The molecule has 2 heterocycles. The van der Waals surface area contributed by atoms with Gasteiger partial charge in [0.2, 0.25) is 0 Å². The molecule has 0 bridgehead atoms. The minimum absolute atomic E-state index is 1.05. The van der Waals surface area contributed by atoms with E-state index >= 15 is 0 Å². The molecule has 5 aromatic carbocycles. The Morgan fingerprint density at radius 3 is 2.21 bits per heavy atom. The summed E-state index contributed by atoms with van der Waals surface area (Å²) in [5, 5.41) is 6.26. The number of fused-ring (bicyclic) bond motifs is 6. The molecule has 0 saturated heterocycles. The predicted molar refractivity (Wildman–Crippen MR) is 187 cm³/mol. The van der Waals surface area contributed by atoms with E-state index in [0.717, 1.165) is 18.5 Å². The van der Waals surface area contributed by atoms with Crippen molar-refractivity contribution in [2.24, 2.45) is 0 Å². The second kappa shape index (κ2) is 10.2. The van der Waals surface area contributed by atoms with Crippen molar-refractivity contribution >= 4 is 61.3 Å². The lowest BCUT2D eigenvalue weighted by Gasteiger charge is -2.14. The molecule has 1 aliphatic rings. The number of benzene rings is 5. The summed E-state index contributed by atoms with van der Waals surface area (Å²) < 4.78 is 4.86. The van der Waals surface area contributed by atoms with Gasteiger partial charge in [-0.1, -0.05) is 104 Å². The Balaban J connectivity index is 1.52. The first-order valence-corrected chi connectivity index (χ1v) is 15.1. The van der Waals surface area contributed by atoms with Crippen LogP contribution in [-0.4, -0.2) is 9.13 Å². The van der Waals surface area contributed by atoms with Crippen molar-refractivity contribution in [3.05, 3.63) is 145 Å². The van der Waals surface area contributed by atoms with Crippen molar-refractivity contribution in [3.8, 4) is 16.8 Å². The second-order valence-corrected chi connectivity index (χ2v) is 11.2. The number of hydrogen-bond acceptors (Lipinski definition) is 0. The summed E-state index contributed by atoms with van der Waals surface area (Å²) in [6.07, 6.45) is 15.4. The molecule has 0 amide bonds. The molecular formula is C41H32N2. The fourth-order valence-corrected chi connectivity index (χ4v) is 7.02. The van der Waals surface area contributed by atoms with Gasteiger partial charge >= 0.3 is 0 Å². The minimum atomic E-state index is 1.05. The molecule has 2 heteroatoms. The van der Waals surface area contributed by atoms with Crippen LogP contribution < -0.4 is 0 Å². The monoisotopic (exact) mass is 552 g/mol. The molecule has 43 heavy (non-hydrogen) atoms. The van der Waals surface area contributed by atoms with E-state index in [4.69, 9.17) is 0 Å². The summed E-state index contributed by atoms with van der Waals surface area (Å²) >= 11 is 0. The maximum absolute atomic E-state index is 4.32. The van der Waals surface area contributed by atoms with Crippen molar-refractivity contribution < 1.29 is 0 Å². The molecule has 206 valence electrons. The molecule has 0 atom stereocenters. The van der Waals surface area contributed by atoms with Crippen LogP contribution >= 0.6 is 0 Å². The summed E-state index contributed by atoms with van der Waals surface area (Å²) in [5.41, 5.74) is 10.8. The predicted octanol–water partition coefficient (Wildman–Crippen LogP) is 11.4. The average molecular weight is 553 g/mol. The van der Waals surface area contributed by atoms with Gasteiger partial charge in [0.25, 0.3) is 0 Å². The van der Waals surface area contributed by atoms with Crippen LogP contribution in [-0.2, 0) is 0 Å². The van der Waals surface area contributed by atoms with E-state index in [1.54, 1.807) is 0 Å². The Kier molecular flexibility index (Phi) is 6.01. The summed E-state index contributed by atoms with van der Waals surface area (Å²) in [4.78, 5) is 0. The summed E-state index contributed by atoms with van der Waals surface area (Å²) in [6, 6.07) is 37.6. The lowest BCUT2D eigenvalue weighted by Crippen LogP contribution is -2.00. The van der Waals surface area contributed by atoms with E-state index in [1.807, 2.05) is 6.08 Å². The number of para-hydroxylation sites is 1. The standard InChI is InChI=1S/C41H32N2/c1-3-15-36-32(4-2)40-38(42(36)30-19-9-6-10-20-30)24-25-39-41(40)34-22-13-14-23-37(34)43(39)31-26-29-18-11-12-21-33(29)35(27-31)28-16-7-5-8-17-28/h3-5,7-9,11-27H,2,6,10H2,1H3/b15-3-. The Bertz CT molecular complexity index is 2300. The normalized spacial score (nSPS) is 13.6. The third kappa shape index (κ3) is 3.87. The van der Waals surface area contributed by atoms with Crippen LogP contribution in [0, 0.1) is 0 Å². The van der Waals surface area contributed by atoms with Crippen molar-refractivity contribution in [1.29, 1.82) is 0 Å². The van der Waals surface area contributed by atoms with Gasteiger partial charge in [-0.25, -0.2) is 0 Å². The number of rotatable bonds is 5. The zero-order valence-corrected chi connectivity index (χ0v) is 24.3. The highest BCUT2D eigenvalue weighted by Gasteiger charge is 2.23. The summed E-state index contributed by atoms with van der Waals surface area (Å²) in [7, 11) is 0. The van der Waals surface area contributed by atoms with E-state index in [0.29, 0.717) is 0 Å². The van der Waals surface area contributed by atoms with Gasteiger partial charge in [-0.3, -0.25) is 0 Å². The van der Waals surface area contributed by atoms with Crippen LogP contribution in [0.5, 0.6) is 0 Å². The molecule has 0 unspecified atom stereocenters. The Morgan fingerprint density at radius 1 is 0.698 bits per heavy atom. The van der Waals surface area contributed by atoms with Gasteiger partial charge in [0, 0.05) is 33.1 Å². The van der Waals surface area contributed by atoms with Gasteiger partial charge < -0.3 is 9.13 Å². The second-order valence-electron chi connectivity index (χ2n) is 11.2. The molecule has 2 nitrogen and oxygen atoms in total. The highest BCUT2D eigenvalue weighted by Crippen LogP contribution is 2.43. The van der Waals surface area contributed by atoms with Crippen LogP contribution in [0.25, 0.3) is 78.1 Å². The van der Waals surface area contributed by atoms with Crippen molar-refractivity contribution in [3.63, 3.8) is 0 Å². The first kappa shape index (κ1) is 25.4. The third-order valence-corrected chi connectivity index (χ3v) is 8.80. The Labute approximate surface area is 251 Å². The van der Waals surface area contributed by atoms with E-state index < -0.39 is 0 Å². The molecule has 0 saturated carbocycles. The first-order chi connectivity index (χ1) is 21.3. The highest BCUT2D eigenvalue weighted by molar-refractivity contribution is 6.24. The van der Waals surface area contributed by atoms with Crippen molar-refractivity contribution in [2.75, 3.05) is 0 Å². The number of aromatic nitrogens is 2. The first-order valence-electron chi connectivity index (χ1n) is 15.1. The van der Waals surface area contributed by atoms with E-state index in [9.17, 15) is 0 Å². The molecular weight excluding hydrogens is 520 g/mol. The van der Waals surface area contributed by atoms with Gasteiger partial charge in [0.05, 0.1) is 22.2 Å². The topological polar surface area (TPSA) is 9.86 Å². The van der Waals surface area contributed by atoms with Gasteiger partial charge in [-0.05, 0) is 84.1 Å². The van der Waals surface area contributed by atoms with E-state index in [2.05, 4.69) is 156 Å². The van der Waals surface area contributed by atoms with Gasteiger partial charge in [-0.15, -0.1) is 0 Å². The quantitative estimate of drug-likeness (QED) is 0.201. The number of hydrogen-bond donors (Lipinski definition) is 0. The van der Waals surface area contributed by atoms with Gasteiger partial charge in [-0.2, -0.15) is 0 Å². The molecule has 0 radical (unpaired) electrons. The SMILES string of the molecule is C=Cc1c(/C=C\C)n(C2=CCCC=C2)c2ccc3c(c4ccccc4n3-c3cc(-c4ccccc4)c4ccccc4c3)c12. The smallest absolute Gasteiger partial charge is 0.0548 e. The number of nitrogens with zero attached hydrogens (tertiary/aromatic N) is 2. The molecule has 8 rings (SSSR count). The molecule has 2 aromatic heterocycles. The van der Waals surface area contributed by atoms with Crippen molar-refractivity contribution in [1.82, 2.24) is 9.13 Å².